The van der Waals surface area contributed by atoms with E-state index in [9.17, 15) is 12.8 Å². The lowest BCUT2D eigenvalue weighted by atomic mass is 9.96. The van der Waals surface area contributed by atoms with Crippen molar-refractivity contribution in [2.75, 3.05) is 0 Å². The fraction of sp³-hybridized carbons (Fsp3) is 0.571. The molecule has 1 N–H and O–H groups in total. The van der Waals surface area contributed by atoms with Crippen LogP contribution in [0.4, 0.5) is 4.39 Å². The molecular weight excluding hydrogens is 265 g/mol. The molecule has 0 heterocycles. The van der Waals surface area contributed by atoms with E-state index in [1.165, 1.54) is 24.6 Å². The molecule has 2 aliphatic rings. The van der Waals surface area contributed by atoms with Crippen LogP contribution in [0.25, 0.3) is 0 Å². The molecule has 2 aliphatic carbocycles. The molecular formula is C14H18FNO2S. The Balaban J connectivity index is 1.80. The topological polar surface area (TPSA) is 46.2 Å². The third kappa shape index (κ3) is 2.41. The van der Waals surface area contributed by atoms with Gasteiger partial charge in [-0.15, -0.1) is 0 Å². The number of halogens is 1. The Morgan fingerprint density at radius 1 is 1.26 bits per heavy atom. The van der Waals surface area contributed by atoms with Crippen LogP contribution in [0.1, 0.15) is 31.2 Å². The molecule has 0 aromatic heterocycles. The zero-order valence-corrected chi connectivity index (χ0v) is 11.7. The Bertz CT molecular complexity index is 599. The van der Waals surface area contributed by atoms with Crippen molar-refractivity contribution in [3.63, 3.8) is 0 Å². The summed E-state index contributed by atoms with van der Waals surface area (Å²) in [6.45, 7) is 1.58. The predicted molar refractivity (Wildman–Crippen MR) is 70.7 cm³/mol. The summed E-state index contributed by atoms with van der Waals surface area (Å²) in [5, 5.41) is 0. The van der Waals surface area contributed by atoms with E-state index >= 15 is 0 Å². The van der Waals surface area contributed by atoms with Gasteiger partial charge in [-0.1, -0.05) is 6.42 Å². The molecule has 19 heavy (non-hydrogen) atoms. The number of hydrogen-bond donors (Lipinski definition) is 1. The van der Waals surface area contributed by atoms with Crippen LogP contribution in [0, 0.1) is 24.6 Å². The standard InChI is InChI=1S/C14H18FNO2S/c1-9-6-12(4-5-13(9)15)19(17,18)16-14-8-10-2-3-11(14)7-10/h4-6,10-11,14,16H,2-3,7-8H2,1H3. The van der Waals surface area contributed by atoms with Crippen molar-refractivity contribution in [2.45, 2.75) is 43.5 Å². The van der Waals surface area contributed by atoms with E-state index in [1.807, 2.05) is 0 Å². The van der Waals surface area contributed by atoms with Gasteiger partial charge in [0.2, 0.25) is 10.0 Å². The van der Waals surface area contributed by atoms with E-state index in [1.54, 1.807) is 6.92 Å². The van der Waals surface area contributed by atoms with E-state index in [2.05, 4.69) is 4.72 Å². The number of nitrogens with one attached hydrogen (secondary N) is 1. The quantitative estimate of drug-likeness (QED) is 0.927. The number of aryl methyl sites for hydroxylation is 1. The van der Waals surface area contributed by atoms with Gasteiger partial charge >= 0.3 is 0 Å². The normalized spacial score (nSPS) is 29.9. The lowest BCUT2D eigenvalue weighted by molar-refractivity contribution is 0.390. The second-order valence-corrected chi connectivity index (χ2v) is 7.53. The smallest absolute Gasteiger partial charge is 0.208 e. The Labute approximate surface area is 113 Å². The van der Waals surface area contributed by atoms with Gasteiger partial charge in [0.05, 0.1) is 4.90 Å². The Morgan fingerprint density at radius 2 is 2.05 bits per heavy atom. The Hall–Kier alpha value is -0.940. The molecule has 2 bridgehead atoms. The van der Waals surface area contributed by atoms with Crippen molar-refractivity contribution in [1.29, 1.82) is 0 Å². The molecule has 2 fully saturated rings. The van der Waals surface area contributed by atoms with Crippen LogP contribution < -0.4 is 4.72 Å². The first-order valence-corrected chi connectivity index (χ1v) is 8.22. The maximum atomic E-state index is 13.2. The summed E-state index contributed by atoms with van der Waals surface area (Å²) >= 11 is 0. The summed E-state index contributed by atoms with van der Waals surface area (Å²) in [6, 6.07) is 4.00. The molecule has 5 heteroatoms. The van der Waals surface area contributed by atoms with Crippen LogP contribution in [0.3, 0.4) is 0 Å². The number of benzene rings is 1. The van der Waals surface area contributed by atoms with Crippen molar-refractivity contribution in [2.24, 2.45) is 11.8 Å². The average molecular weight is 283 g/mol. The molecule has 1 aromatic rings. The Kier molecular flexibility index (Phi) is 3.14. The minimum atomic E-state index is -3.52. The highest BCUT2D eigenvalue weighted by Crippen LogP contribution is 2.44. The van der Waals surface area contributed by atoms with Gasteiger partial charge in [-0.2, -0.15) is 0 Å². The highest BCUT2D eigenvalue weighted by Gasteiger charge is 2.41. The molecule has 3 atom stereocenters. The Morgan fingerprint density at radius 3 is 2.63 bits per heavy atom. The molecule has 0 radical (unpaired) electrons. The lowest BCUT2D eigenvalue weighted by Gasteiger charge is -2.22. The lowest BCUT2D eigenvalue weighted by Crippen LogP contribution is -2.38. The third-order valence-corrected chi connectivity index (χ3v) is 5.97. The first-order chi connectivity index (χ1) is 8.95. The number of rotatable bonds is 3. The largest absolute Gasteiger partial charge is 0.240 e. The summed E-state index contributed by atoms with van der Waals surface area (Å²) < 4.78 is 40.6. The first-order valence-electron chi connectivity index (χ1n) is 6.74. The van der Waals surface area contributed by atoms with Crippen LogP contribution in [0.15, 0.2) is 23.1 Å². The summed E-state index contributed by atoms with van der Waals surface area (Å²) in [5.74, 6) is 0.799. The zero-order chi connectivity index (χ0) is 13.6. The third-order valence-electron chi connectivity index (χ3n) is 4.48. The SMILES string of the molecule is Cc1cc(S(=O)(=O)NC2CC3CCC2C3)ccc1F. The number of fused-ring (bicyclic) bond motifs is 2. The van der Waals surface area contributed by atoms with E-state index in [4.69, 9.17) is 0 Å². The summed E-state index contributed by atoms with van der Waals surface area (Å²) in [7, 11) is -3.52. The molecule has 0 amide bonds. The highest BCUT2D eigenvalue weighted by molar-refractivity contribution is 7.89. The van der Waals surface area contributed by atoms with Gasteiger partial charge < -0.3 is 0 Å². The summed E-state index contributed by atoms with van der Waals surface area (Å²) in [5.41, 5.74) is 0.357. The summed E-state index contributed by atoms with van der Waals surface area (Å²) in [4.78, 5) is 0.161. The molecule has 0 aliphatic heterocycles. The highest BCUT2D eigenvalue weighted by atomic mass is 32.2. The van der Waals surface area contributed by atoms with Crippen molar-refractivity contribution in [3.05, 3.63) is 29.6 Å². The van der Waals surface area contributed by atoms with Crippen LogP contribution in [-0.2, 0) is 10.0 Å². The van der Waals surface area contributed by atoms with Gasteiger partial charge in [-0.3, -0.25) is 0 Å². The minimum Gasteiger partial charge on any atom is -0.208 e. The predicted octanol–water partition coefficient (Wildman–Crippen LogP) is 2.60. The van der Waals surface area contributed by atoms with E-state index < -0.39 is 10.0 Å². The van der Waals surface area contributed by atoms with Crippen LogP contribution in [0.2, 0.25) is 0 Å². The summed E-state index contributed by atoms with van der Waals surface area (Å²) in [6.07, 6.45) is 4.46. The van der Waals surface area contributed by atoms with Gasteiger partial charge in [-0.05, 0) is 61.8 Å². The molecule has 1 aromatic carbocycles. The van der Waals surface area contributed by atoms with Crippen molar-refractivity contribution in [3.8, 4) is 0 Å². The van der Waals surface area contributed by atoms with Crippen molar-refractivity contribution >= 4 is 10.0 Å². The van der Waals surface area contributed by atoms with Gasteiger partial charge in [0, 0.05) is 6.04 Å². The molecule has 2 saturated carbocycles. The molecule has 3 rings (SSSR count). The molecule has 0 saturated heterocycles. The second-order valence-electron chi connectivity index (χ2n) is 5.81. The van der Waals surface area contributed by atoms with Crippen LogP contribution >= 0.6 is 0 Å². The number of hydrogen-bond acceptors (Lipinski definition) is 2. The van der Waals surface area contributed by atoms with Crippen molar-refractivity contribution < 1.29 is 12.8 Å². The minimum absolute atomic E-state index is 0.0640. The molecule has 3 nitrogen and oxygen atoms in total. The monoisotopic (exact) mass is 283 g/mol. The van der Waals surface area contributed by atoms with E-state index in [0.717, 1.165) is 19.3 Å². The van der Waals surface area contributed by atoms with Crippen molar-refractivity contribution in [1.82, 2.24) is 4.72 Å². The van der Waals surface area contributed by atoms with Crippen LogP contribution in [0.5, 0.6) is 0 Å². The van der Waals surface area contributed by atoms with Gasteiger partial charge in [0.15, 0.2) is 0 Å². The maximum absolute atomic E-state index is 13.2. The van der Waals surface area contributed by atoms with E-state index in [-0.39, 0.29) is 16.8 Å². The molecule has 0 spiro atoms. The first kappa shape index (κ1) is 13.1. The fourth-order valence-corrected chi connectivity index (χ4v) is 4.84. The van der Waals surface area contributed by atoms with Gasteiger partial charge in [0.1, 0.15) is 5.82 Å². The number of sulfonamides is 1. The fourth-order valence-electron chi connectivity index (χ4n) is 3.44. The molecule has 104 valence electrons. The second kappa shape index (κ2) is 4.56. The van der Waals surface area contributed by atoms with Gasteiger partial charge in [0.25, 0.3) is 0 Å². The zero-order valence-electron chi connectivity index (χ0n) is 10.9. The molecule has 3 unspecified atom stereocenters. The average Bonchev–Trinajstić information content (AvgIpc) is 2.94. The maximum Gasteiger partial charge on any atom is 0.240 e. The van der Waals surface area contributed by atoms with Gasteiger partial charge in [-0.25, -0.2) is 17.5 Å². The van der Waals surface area contributed by atoms with E-state index in [0.29, 0.717) is 17.4 Å². The van der Waals surface area contributed by atoms with Crippen LogP contribution in [-0.4, -0.2) is 14.5 Å².